The number of anilines is 1. The largest absolute Gasteiger partial charge is 0.493 e. The summed E-state index contributed by atoms with van der Waals surface area (Å²) >= 11 is 3.46. The molecule has 108 valence electrons. The Labute approximate surface area is 125 Å². The number of tetrazole rings is 1. The molecule has 1 heterocycles. The zero-order chi connectivity index (χ0) is 14.5. The van der Waals surface area contributed by atoms with E-state index in [-0.39, 0.29) is 0 Å². The number of hydrogen-bond donors (Lipinski definition) is 1. The van der Waals surface area contributed by atoms with Crippen LogP contribution in [-0.4, -0.2) is 33.9 Å². The van der Waals surface area contributed by atoms with Gasteiger partial charge >= 0.3 is 0 Å². The first-order chi connectivity index (χ1) is 9.65. The molecule has 8 heteroatoms. The quantitative estimate of drug-likeness (QED) is 0.866. The fourth-order valence-electron chi connectivity index (χ4n) is 1.77. The van der Waals surface area contributed by atoms with E-state index in [0.29, 0.717) is 24.8 Å². The second-order valence-electron chi connectivity index (χ2n) is 4.01. The van der Waals surface area contributed by atoms with Crippen LogP contribution in [0.4, 0.5) is 5.95 Å². The van der Waals surface area contributed by atoms with Gasteiger partial charge in [-0.1, -0.05) is 21.0 Å². The number of hydrogen-bond acceptors (Lipinski definition) is 6. The van der Waals surface area contributed by atoms with Crippen LogP contribution < -0.4 is 14.8 Å². The molecule has 1 aromatic heterocycles. The molecule has 1 aromatic carbocycles. The second kappa shape index (κ2) is 6.56. The van der Waals surface area contributed by atoms with Gasteiger partial charge in [0.2, 0.25) is 5.95 Å². The summed E-state index contributed by atoms with van der Waals surface area (Å²) in [5.74, 6) is 2.00. The molecule has 7 nitrogen and oxygen atoms in total. The summed E-state index contributed by atoms with van der Waals surface area (Å²) in [5, 5.41) is 14.4. The van der Waals surface area contributed by atoms with E-state index in [1.54, 1.807) is 18.8 Å². The van der Waals surface area contributed by atoms with E-state index < -0.39 is 0 Å². The Kier molecular flexibility index (Phi) is 4.78. The predicted octanol–water partition coefficient (Wildman–Crippen LogP) is 1.99. The highest BCUT2D eigenvalue weighted by atomic mass is 79.9. The molecule has 0 saturated carbocycles. The van der Waals surface area contributed by atoms with Crippen LogP contribution in [0.15, 0.2) is 16.6 Å². The van der Waals surface area contributed by atoms with Crippen LogP contribution in [0.2, 0.25) is 0 Å². The van der Waals surface area contributed by atoms with Crippen LogP contribution >= 0.6 is 15.9 Å². The predicted molar refractivity (Wildman–Crippen MR) is 78.0 cm³/mol. The molecule has 0 spiro atoms. The van der Waals surface area contributed by atoms with Gasteiger partial charge in [-0.15, -0.1) is 0 Å². The van der Waals surface area contributed by atoms with Gasteiger partial charge in [0.05, 0.1) is 13.7 Å². The first-order valence-corrected chi connectivity index (χ1v) is 6.90. The van der Waals surface area contributed by atoms with E-state index in [9.17, 15) is 0 Å². The van der Waals surface area contributed by atoms with E-state index in [0.717, 1.165) is 15.8 Å². The van der Waals surface area contributed by atoms with Gasteiger partial charge in [0.15, 0.2) is 11.5 Å². The van der Waals surface area contributed by atoms with Crippen LogP contribution in [0.1, 0.15) is 12.5 Å². The molecular weight excluding hydrogens is 326 g/mol. The number of aryl methyl sites for hydroxylation is 1. The molecule has 2 aromatic rings. The third-order valence-corrected chi connectivity index (χ3v) is 3.12. The number of rotatable bonds is 6. The van der Waals surface area contributed by atoms with Gasteiger partial charge in [0, 0.05) is 23.6 Å². The van der Waals surface area contributed by atoms with Crippen molar-refractivity contribution in [2.24, 2.45) is 7.05 Å². The summed E-state index contributed by atoms with van der Waals surface area (Å²) < 4.78 is 13.5. The van der Waals surface area contributed by atoms with Crippen molar-refractivity contribution in [2.45, 2.75) is 13.5 Å². The Balaban J connectivity index is 2.25. The Bertz CT molecular complexity index is 587. The van der Waals surface area contributed by atoms with Crippen molar-refractivity contribution in [3.63, 3.8) is 0 Å². The average molecular weight is 342 g/mol. The van der Waals surface area contributed by atoms with Crippen molar-refractivity contribution in [1.29, 1.82) is 0 Å². The summed E-state index contributed by atoms with van der Waals surface area (Å²) in [4.78, 5) is 0. The normalized spacial score (nSPS) is 10.4. The van der Waals surface area contributed by atoms with Gasteiger partial charge in [0.25, 0.3) is 0 Å². The molecule has 0 unspecified atom stereocenters. The van der Waals surface area contributed by atoms with Crippen LogP contribution in [0.25, 0.3) is 0 Å². The molecule has 0 aliphatic heterocycles. The van der Waals surface area contributed by atoms with Crippen LogP contribution in [0.5, 0.6) is 11.5 Å². The van der Waals surface area contributed by atoms with E-state index in [1.807, 2.05) is 19.1 Å². The molecule has 0 aliphatic carbocycles. The summed E-state index contributed by atoms with van der Waals surface area (Å²) in [6.07, 6.45) is 0. The van der Waals surface area contributed by atoms with Crippen molar-refractivity contribution >= 4 is 21.9 Å². The van der Waals surface area contributed by atoms with Crippen LogP contribution in [0.3, 0.4) is 0 Å². The lowest BCUT2D eigenvalue weighted by Gasteiger charge is -2.15. The van der Waals surface area contributed by atoms with Gasteiger partial charge in [0.1, 0.15) is 0 Å². The zero-order valence-electron chi connectivity index (χ0n) is 11.6. The molecule has 1 N–H and O–H groups in total. The molecular formula is C12H16BrN5O2. The highest BCUT2D eigenvalue weighted by molar-refractivity contribution is 9.10. The maximum absolute atomic E-state index is 5.67. The molecule has 20 heavy (non-hydrogen) atoms. The third kappa shape index (κ3) is 3.19. The van der Waals surface area contributed by atoms with Gasteiger partial charge in [-0.05, 0) is 29.5 Å². The van der Waals surface area contributed by atoms with Gasteiger partial charge in [-0.3, -0.25) is 0 Å². The minimum absolute atomic E-state index is 0.527. The molecule has 2 rings (SSSR count). The van der Waals surface area contributed by atoms with Crippen molar-refractivity contribution < 1.29 is 9.47 Å². The van der Waals surface area contributed by atoms with Crippen molar-refractivity contribution in [3.8, 4) is 11.5 Å². The highest BCUT2D eigenvalue weighted by Gasteiger charge is 2.13. The maximum atomic E-state index is 5.67. The fourth-order valence-corrected chi connectivity index (χ4v) is 2.25. The topological polar surface area (TPSA) is 74.1 Å². The summed E-state index contributed by atoms with van der Waals surface area (Å²) in [6, 6.07) is 3.85. The fraction of sp³-hybridized carbons (Fsp3) is 0.417. The maximum Gasteiger partial charge on any atom is 0.242 e. The Morgan fingerprint density at radius 1 is 1.40 bits per heavy atom. The molecule has 0 atom stereocenters. The number of nitrogens with one attached hydrogen (secondary N) is 1. The SMILES string of the molecule is CCOc1c(CNc2nnnn2C)cc(Br)cc1OC. The Morgan fingerprint density at radius 2 is 2.20 bits per heavy atom. The minimum atomic E-state index is 0.527. The molecule has 0 amide bonds. The number of benzene rings is 1. The highest BCUT2D eigenvalue weighted by Crippen LogP contribution is 2.35. The van der Waals surface area contributed by atoms with Crippen molar-refractivity contribution in [3.05, 3.63) is 22.2 Å². The lowest BCUT2D eigenvalue weighted by Crippen LogP contribution is -2.08. The van der Waals surface area contributed by atoms with Gasteiger partial charge in [-0.2, -0.15) is 0 Å². The molecule has 0 fully saturated rings. The molecule has 0 aliphatic rings. The average Bonchev–Trinajstić information content (AvgIpc) is 2.84. The number of halogens is 1. The third-order valence-electron chi connectivity index (χ3n) is 2.66. The molecule has 0 saturated heterocycles. The van der Waals surface area contributed by atoms with Crippen LogP contribution in [-0.2, 0) is 13.6 Å². The number of nitrogens with zero attached hydrogens (tertiary/aromatic N) is 4. The number of ether oxygens (including phenoxy) is 2. The van der Waals surface area contributed by atoms with E-state index in [4.69, 9.17) is 9.47 Å². The van der Waals surface area contributed by atoms with Gasteiger partial charge < -0.3 is 14.8 Å². The molecule has 0 radical (unpaired) electrons. The Morgan fingerprint density at radius 3 is 2.80 bits per heavy atom. The lowest BCUT2D eigenvalue weighted by molar-refractivity contribution is 0.308. The first kappa shape index (κ1) is 14.6. The van der Waals surface area contributed by atoms with Crippen molar-refractivity contribution in [2.75, 3.05) is 19.0 Å². The van der Waals surface area contributed by atoms with E-state index in [2.05, 4.69) is 36.8 Å². The van der Waals surface area contributed by atoms with Crippen LogP contribution in [0, 0.1) is 0 Å². The summed E-state index contributed by atoms with van der Waals surface area (Å²) in [6.45, 7) is 3.03. The minimum Gasteiger partial charge on any atom is -0.493 e. The number of methoxy groups -OCH3 is 1. The van der Waals surface area contributed by atoms with Crippen molar-refractivity contribution in [1.82, 2.24) is 20.2 Å². The van der Waals surface area contributed by atoms with E-state index >= 15 is 0 Å². The summed E-state index contributed by atoms with van der Waals surface area (Å²) in [7, 11) is 3.39. The number of aromatic nitrogens is 4. The molecule has 0 bridgehead atoms. The standard InChI is InChI=1S/C12H16BrN5O2/c1-4-20-11-8(5-9(13)6-10(11)19-3)7-14-12-15-16-17-18(12)2/h5-6H,4,7H2,1-3H3,(H,14,15,17). The monoisotopic (exact) mass is 341 g/mol. The Hall–Kier alpha value is -1.83. The van der Waals surface area contributed by atoms with Gasteiger partial charge in [-0.25, -0.2) is 4.68 Å². The zero-order valence-corrected chi connectivity index (χ0v) is 13.1. The van der Waals surface area contributed by atoms with E-state index in [1.165, 1.54) is 0 Å². The smallest absolute Gasteiger partial charge is 0.242 e. The summed E-state index contributed by atoms with van der Waals surface area (Å²) in [5.41, 5.74) is 0.959. The first-order valence-electron chi connectivity index (χ1n) is 6.11. The second-order valence-corrected chi connectivity index (χ2v) is 4.92. The lowest BCUT2D eigenvalue weighted by atomic mass is 10.2.